The van der Waals surface area contributed by atoms with Crippen molar-refractivity contribution in [2.24, 2.45) is 0 Å². The molecule has 1 heterocycles. The first-order valence-corrected chi connectivity index (χ1v) is 4.51. The Morgan fingerprint density at radius 3 is 2.81 bits per heavy atom. The third-order valence-corrected chi connectivity index (χ3v) is 1.97. The summed E-state index contributed by atoms with van der Waals surface area (Å²) < 4.78 is 28.3. The van der Waals surface area contributed by atoms with Gasteiger partial charge in [0.05, 0.1) is 11.9 Å². The summed E-state index contributed by atoms with van der Waals surface area (Å²) in [5.74, 6) is 0.371. The Morgan fingerprint density at radius 1 is 1.38 bits per heavy atom. The highest BCUT2D eigenvalue weighted by Gasteiger charge is 2.06. The molecule has 4 nitrogen and oxygen atoms in total. The molecular weight excluding hydrogens is 216 g/mol. The van der Waals surface area contributed by atoms with Crippen LogP contribution >= 0.6 is 0 Å². The number of rotatable bonds is 3. The van der Waals surface area contributed by atoms with E-state index in [4.69, 9.17) is 5.73 Å². The van der Waals surface area contributed by atoms with Crippen LogP contribution in [0.1, 0.15) is 0 Å². The monoisotopic (exact) mass is 225 g/mol. The van der Waals surface area contributed by atoms with Gasteiger partial charge in [0.15, 0.2) is 5.95 Å². The predicted molar refractivity (Wildman–Crippen MR) is 55.1 cm³/mol. The van der Waals surface area contributed by atoms with Crippen molar-refractivity contribution in [2.45, 2.75) is 6.61 Å². The van der Waals surface area contributed by atoms with E-state index in [1.807, 2.05) is 0 Å². The summed E-state index contributed by atoms with van der Waals surface area (Å²) in [5, 5.41) is 0. The lowest BCUT2D eigenvalue weighted by Gasteiger charge is -2.05. The van der Waals surface area contributed by atoms with Crippen LogP contribution in [0.5, 0.6) is 5.75 Å². The van der Waals surface area contributed by atoms with Crippen LogP contribution in [-0.2, 0) is 0 Å². The van der Waals surface area contributed by atoms with Gasteiger partial charge >= 0.3 is 6.61 Å². The zero-order valence-corrected chi connectivity index (χ0v) is 8.15. The molecule has 0 bridgehead atoms. The molecule has 0 aliphatic carbocycles. The zero-order chi connectivity index (χ0) is 11.5. The van der Waals surface area contributed by atoms with E-state index in [0.717, 1.165) is 0 Å². The van der Waals surface area contributed by atoms with Crippen molar-refractivity contribution in [3.8, 4) is 17.0 Å². The predicted octanol–water partition coefficient (Wildman–Crippen LogP) is 2.26. The second-order valence-electron chi connectivity index (χ2n) is 3.09. The molecule has 0 amide bonds. The Labute approximate surface area is 90.1 Å². The number of H-pyrrole nitrogens is 1. The van der Waals surface area contributed by atoms with Crippen LogP contribution in [0.3, 0.4) is 0 Å². The number of anilines is 1. The number of nitrogens with two attached hydrogens (primary N) is 1. The van der Waals surface area contributed by atoms with E-state index in [1.54, 1.807) is 12.1 Å². The van der Waals surface area contributed by atoms with Crippen molar-refractivity contribution < 1.29 is 13.5 Å². The minimum atomic E-state index is -2.83. The highest BCUT2D eigenvalue weighted by atomic mass is 19.3. The van der Waals surface area contributed by atoms with Crippen LogP contribution in [0.25, 0.3) is 11.3 Å². The molecule has 0 atom stereocenters. The second-order valence-corrected chi connectivity index (χ2v) is 3.09. The molecule has 0 saturated carbocycles. The third-order valence-electron chi connectivity index (χ3n) is 1.97. The fourth-order valence-electron chi connectivity index (χ4n) is 1.32. The smallest absolute Gasteiger partial charge is 0.387 e. The summed E-state index contributed by atoms with van der Waals surface area (Å²) in [4.78, 5) is 6.61. The molecule has 84 valence electrons. The first-order valence-electron chi connectivity index (χ1n) is 4.51. The fourth-order valence-corrected chi connectivity index (χ4v) is 1.32. The Morgan fingerprint density at radius 2 is 2.19 bits per heavy atom. The maximum Gasteiger partial charge on any atom is 0.387 e. The van der Waals surface area contributed by atoms with Crippen molar-refractivity contribution >= 4 is 5.95 Å². The Bertz CT molecular complexity index is 484. The van der Waals surface area contributed by atoms with Crippen molar-refractivity contribution in [2.75, 3.05) is 5.73 Å². The summed E-state index contributed by atoms with van der Waals surface area (Å²) >= 11 is 0. The lowest BCUT2D eigenvalue weighted by Crippen LogP contribution is -2.01. The number of hydrogen-bond donors (Lipinski definition) is 2. The first kappa shape index (κ1) is 10.4. The number of benzene rings is 1. The summed E-state index contributed by atoms with van der Waals surface area (Å²) in [6.07, 6.45) is 1.52. The number of imidazole rings is 1. The second kappa shape index (κ2) is 4.18. The average molecular weight is 225 g/mol. The van der Waals surface area contributed by atoms with Gasteiger partial charge in [-0.25, -0.2) is 4.98 Å². The molecule has 0 spiro atoms. The van der Waals surface area contributed by atoms with Crippen LogP contribution < -0.4 is 10.5 Å². The summed E-state index contributed by atoms with van der Waals surface area (Å²) in [6.45, 7) is -2.83. The summed E-state index contributed by atoms with van der Waals surface area (Å²) in [6, 6.07) is 6.30. The molecule has 3 N–H and O–H groups in total. The number of nitrogens with one attached hydrogen (secondary N) is 1. The number of halogens is 2. The summed E-state index contributed by atoms with van der Waals surface area (Å²) in [5.41, 5.74) is 6.75. The third kappa shape index (κ3) is 2.28. The van der Waals surface area contributed by atoms with Crippen molar-refractivity contribution in [3.63, 3.8) is 0 Å². The van der Waals surface area contributed by atoms with Crippen LogP contribution in [0.4, 0.5) is 14.7 Å². The number of nitrogens with zero attached hydrogens (tertiary/aromatic N) is 1. The highest BCUT2D eigenvalue weighted by molar-refractivity contribution is 5.61. The molecule has 0 aliphatic rings. The quantitative estimate of drug-likeness (QED) is 0.842. The van der Waals surface area contributed by atoms with Gasteiger partial charge in [0.1, 0.15) is 5.75 Å². The van der Waals surface area contributed by atoms with Gasteiger partial charge in [-0.15, -0.1) is 0 Å². The van der Waals surface area contributed by atoms with Gasteiger partial charge in [0, 0.05) is 5.56 Å². The van der Waals surface area contributed by atoms with Gasteiger partial charge < -0.3 is 15.5 Å². The van der Waals surface area contributed by atoms with Gasteiger partial charge in [-0.05, 0) is 12.1 Å². The molecule has 6 heteroatoms. The molecule has 0 saturated heterocycles. The summed E-state index contributed by atoms with van der Waals surface area (Å²) in [7, 11) is 0. The van der Waals surface area contributed by atoms with Crippen molar-refractivity contribution in [1.29, 1.82) is 0 Å². The molecule has 0 unspecified atom stereocenters. The molecule has 0 fully saturated rings. The van der Waals surface area contributed by atoms with Crippen LogP contribution in [-0.4, -0.2) is 16.6 Å². The highest BCUT2D eigenvalue weighted by Crippen LogP contribution is 2.23. The van der Waals surface area contributed by atoms with Crippen molar-refractivity contribution in [1.82, 2.24) is 9.97 Å². The van der Waals surface area contributed by atoms with Crippen LogP contribution in [0, 0.1) is 0 Å². The first-order chi connectivity index (χ1) is 7.65. The fraction of sp³-hybridized carbons (Fsp3) is 0.100. The normalized spacial score (nSPS) is 10.7. The van der Waals surface area contributed by atoms with Crippen LogP contribution in [0.2, 0.25) is 0 Å². The number of aromatic nitrogens is 2. The number of alkyl halides is 2. The Hall–Kier alpha value is -2.11. The molecule has 2 aromatic rings. The van der Waals surface area contributed by atoms with Gasteiger partial charge in [-0.2, -0.15) is 8.78 Å². The van der Waals surface area contributed by atoms with E-state index >= 15 is 0 Å². The van der Waals surface area contributed by atoms with Gasteiger partial charge in [-0.3, -0.25) is 0 Å². The molecule has 1 aromatic carbocycles. The number of nitrogen functional groups attached to an aromatic ring is 1. The molecule has 1 aromatic heterocycles. The van der Waals surface area contributed by atoms with E-state index in [9.17, 15) is 8.78 Å². The largest absolute Gasteiger partial charge is 0.435 e. The number of hydrogen-bond acceptors (Lipinski definition) is 3. The molecule has 16 heavy (non-hydrogen) atoms. The molecule has 0 aliphatic heterocycles. The average Bonchev–Trinajstić information content (AvgIpc) is 2.64. The van der Waals surface area contributed by atoms with E-state index in [1.165, 1.54) is 18.3 Å². The van der Waals surface area contributed by atoms with E-state index in [0.29, 0.717) is 11.3 Å². The lowest BCUT2D eigenvalue weighted by atomic mass is 10.1. The number of ether oxygens (including phenoxy) is 1. The molecular formula is C10H9F2N3O. The molecule has 0 radical (unpaired) electrons. The Balaban J connectivity index is 2.28. The van der Waals surface area contributed by atoms with Crippen molar-refractivity contribution in [3.05, 3.63) is 30.5 Å². The van der Waals surface area contributed by atoms with Gasteiger partial charge in [0.25, 0.3) is 0 Å². The van der Waals surface area contributed by atoms with Crippen LogP contribution in [0.15, 0.2) is 30.5 Å². The zero-order valence-electron chi connectivity index (χ0n) is 8.15. The molecule has 2 rings (SSSR count). The van der Waals surface area contributed by atoms with E-state index < -0.39 is 6.61 Å². The van der Waals surface area contributed by atoms with Gasteiger partial charge in [-0.1, -0.05) is 12.1 Å². The van der Waals surface area contributed by atoms with E-state index in [2.05, 4.69) is 14.7 Å². The maximum absolute atomic E-state index is 12.0. The Kier molecular flexibility index (Phi) is 2.72. The maximum atomic E-state index is 12.0. The SMILES string of the molecule is Nc1ncc(-c2cccc(OC(F)F)c2)[nH]1. The standard InChI is InChI=1S/C10H9F2N3O/c11-9(12)16-7-3-1-2-6(4-7)8-5-14-10(13)15-8/h1-5,9H,(H3,13,14,15). The lowest BCUT2D eigenvalue weighted by molar-refractivity contribution is -0.0498. The minimum absolute atomic E-state index is 0.0978. The van der Waals surface area contributed by atoms with E-state index in [-0.39, 0.29) is 11.7 Å². The van der Waals surface area contributed by atoms with Gasteiger partial charge in [0.2, 0.25) is 0 Å². The minimum Gasteiger partial charge on any atom is -0.435 e. The number of aromatic amines is 1. The topological polar surface area (TPSA) is 63.9 Å².